The zero-order valence-electron chi connectivity index (χ0n) is 7.39. The summed E-state index contributed by atoms with van der Waals surface area (Å²) in [4.78, 5) is 3.18. The predicted octanol–water partition coefficient (Wildman–Crippen LogP) is 3.34. The monoisotopic (exact) mass is 193 g/mol. The molecule has 0 aliphatic carbocycles. The molecule has 0 atom stereocenters. The molecule has 13 heavy (non-hydrogen) atoms. The summed E-state index contributed by atoms with van der Waals surface area (Å²) in [5.74, 6) is 0.741. The molecular formula is C11H12ClN. The first kappa shape index (κ1) is 8.64. The Hall–Kier alpha value is -0.950. The molecule has 1 aromatic heterocycles. The van der Waals surface area contributed by atoms with E-state index in [0.29, 0.717) is 0 Å². The van der Waals surface area contributed by atoms with E-state index in [1.54, 1.807) is 0 Å². The van der Waals surface area contributed by atoms with Crippen LogP contribution in [0, 0.1) is 0 Å². The molecule has 1 heterocycles. The van der Waals surface area contributed by atoms with Crippen molar-refractivity contribution in [2.24, 2.45) is 0 Å². The number of rotatable bonds is 3. The normalized spacial score (nSPS) is 10.8. The van der Waals surface area contributed by atoms with E-state index in [2.05, 4.69) is 29.2 Å². The van der Waals surface area contributed by atoms with Gasteiger partial charge < -0.3 is 4.98 Å². The van der Waals surface area contributed by atoms with Gasteiger partial charge in [0.2, 0.25) is 0 Å². The van der Waals surface area contributed by atoms with Gasteiger partial charge in [0.05, 0.1) is 0 Å². The van der Waals surface area contributed by atoms with Crippen molar-refractivity contribution in [1.29, 1.82) is 0 Å². The maximum Gasteiger partial charge on any atom is 0.0454 e. The lowest BCUT2D eigenvalue weighted by Crippen LogP contribution is -1.85. The van der Waals surface area contributed by atoms with Crippen LogP contribution < -0.4 is 0 Å². The van der Waals surface area contributed by atoms with Crippen LogP contribution in [0.4, 0.5) is 0 Å². The lowest BCUT2D eigenvalue weighted by molar-refractivity contribution is 0.931. The first-order chi connectivity index (χ1) is 6.40. The number of halogens is 1. The van der Waals surface area contributed by atoms with Crippen LogP contribution in [0.5, 0.6) is 0 Å². The number of hydrogen-bond donors (Lipinski definition) is 1. The van der Waals surface area contributed by atoms with Crippen molar-refractivity contribution >= 4 is 22.5 Å². The molecule has 1 nitrogen and oxygen atoms in total. The number of aryl methyl sites for hydroxylation is 1. The number of hydrogen-bond acceptors (Lipinski definition) is 0. The third kappa shape index (κ3) is 1.86. The molecular weight excluding hydrogens is 182 g/mol. The Balaban J connectivity index is 2.26. The van der Waals surface area contributed by atoms with Crippen LogP contribution in [0.15, 0.2) is 30.5 Å². The van der Waals surface area contributed by atoms with Crippen molar-refractivity contribution in [3.8, 4) is 0 Å². The summed E-state index contributed by atoms with van der Waals surface area (Å²) in [7, 11) is 0. The van der Waals surface area contributed by atoms with Crippen LogP contribution >= 0.6 is 11.6 Å². The van der Waals surface area contributed by atoms with Crippen molar-refractivity contribution in [3.63, 3.8) is 0 Å². The Labute approximate surface area is 82.7 Å². The Bertz CT molecular complexity index is 392. The Morgan fingerprint density at radius 1 is 1.23 bits per heavy atom. The largest absolute Gasteiger partial charge is 0.361 e. The number of benzene rings is 1. The summed E-state index contributed by atoms with van der Waals surface area (Å²) in [5.41, 5.74) is 2.57. The summed E-state index contributed by atoms with van der Waals surface area (Å²) in [6.45, 7) is 0. The quantitative estimate of drug-likeness (QED) is 0.720. The second kappa shape index (κ2) is 3.84. The Morgan fingerprint density at radius 2 is 2.15 bits per heavy atom. The second-order valence-corrected chi connectivity index (χ2v) is 3.57. The van der Waals surface area contributed by atoms with Gasteiger partial charge in [-0.3, -0.25) is 0 Å². The highest BCUT2D eigenvalue weighted by Gasteiger charge is 1.96. The standard InChI is InChI=1S/C11H12ClN/c12-6-1-2-9-3-4-11-10(8-9)5-7-13-11/h3-5,7-8,13H,1-2,6H2. The number of aromatic amines is 1. The lowest BCUT2D eigenvalue weighted by atomic mass is 10.1. The van der Waals surface area contributed by atoms with Gasteiger partial charge in [-0.25, -0.2) is 0 Å². The zero-order valence-corrected chi connectivity index (χ0v) is 8.14. The van der Waals surface area contributed by atoms with Gasteiger partial charge in [-0.15, -0.1) is 11.6 Å². The van der Waals surface area contributed by atoms with E-state index in [9.17, 15) is 0 Å². The summed E-state index contributed by atoms with van der Waals surface area (Å²) in [5, 5.41) is 1.28. The van der Waals surface area contributed by atoms with Gasteiger partial charge >= 0.3 is 0 Å². The number of nitrogens with one attached hydrogen (secondary N) is 1. The van der Waals surface area contributed by atoms with Gasteiger partial charge in [-0.05, 0) is 42.0 Å². The molecule has 0 aliphatic heterocycles. The van der Waals surface area contributed by atoms with Gasteiger partial charge in [-0.2, -0.15) is 0 Å². The predicted molar refractivity (Wildman–Crippen MR) is 57.3 cm³/mol. The maximum absolute atomic E-state index is 5.64. The van der Waals surface area contributed by atoms with Gasteiger partial charge in [-0.1, -0.05) is 6.07 Å². The smallest absolute Gasteiger partial charge is 0.0454 e. The Morgan fingerprint density at radius 3 is 3.00 bits per heavy atom. The minimum atomic E-state index is 0.741. The fourth-order valence-corrected chi connectivity index (χ4v) is 1.66. The average Bonchev–Trinajstić information content (AvgIpc) is 2.61. The van der Waals surface area contributed by atoms with Crippen molar-refractivity contribution in [2.75, 3.05) is 5.88 Å². The Kier molecular flexibility index (Phi) is 2.55. The molecule has 1 aromatic carbocycles. The first-order valence-electron chi connectivity index (χ1n) is 4.52. The first-order valence-corrected chi connectivity index (χ1v) is 5.05. The highest BCUT2D eigenvalue weighted by Crippen LogP contribution is 2.15. The molecule has 68 valence electrons. The molecule has 1 N–H and O–H groups in total. The van der Waals surface area contributed by atoms with E-state index in [1.807, 2.05) is 6.20 Å². The molecule has 2 aromatic rings. The van der Waals surface area contributed by atoms with Crippen LogP contribution in [-0.4, -0.2) is 10.9 Å². The number of aromatic nitrogens is 1. The summed E-state index contributed by atoms with van der Waals surface area (Å²) >= 11 is 5.64. The van der Waals surface area contributed by atoms with E-state index in [0.717, 1.165) is 18.7 Å². The highest BCUT2D eigenvalue weighted by atomic mass is 35.5. The van der Waals surface area contributed by atoms with E-state index >= 15 is 0 Å². The van der Waals surface area contributed by atoms with Crippen molar-refractivity contribution in [3.05, 3.63) is 36.0 Å². The van der Waals surface area contributed by atoms with Crippen molar-refractivity contribution in [2.45, 2.75) is 12.8 Å². The molecule has 0 radical (unpaired) electrons. The van der Waals surface area contributed by atoms with Gasteiger partial charge in [0.25, 0.3) is 0 Å². The lowest BCUT2D eigenvalue weighted by Gasteiger charge is -1.98. The zero-order chi connectivity index (χ0) is 9.10. The molecule has 0 saturated heterocycles. The maximum atomic E-state index is 5.64. The van der Waals surface area contributed by atoms with E-state index in [4.69, 9.17) is 11.6 Å². The van der Waals surface area contributed by atoms with E-state index in [1.165, 1.54) is 16.5 Å². The molecule has 0 amide bonds. The minimum absolute atomic E-state index is 0.741. The SMILES string of the molecule is ClCCCc1ccc2[nH]ccc2c1. The van der Waals surface area contributed by atoms with E-state index in [-0.39, 0.29) is 0 Å². The summed E-state index contributed by atoms with van der Waals surface area (Å²) in [6.07, 6.45) is 4.10. The van der Waals surface area contributed by atoms with E-state index < -0.39 is 0 Å². The summed E-state index contributed by atoms with van der Waals surface area (Å²) < 4.78 is 0. The molecule has 2 heteroatoms. The average molecular weight is 194 g/mol. The third-order valence-corrected chi connectivity index (χ3v) is 2.48. The van der Waals surface area contributed by atoms with Crippen LogP contribution in [0.25, 0.3) is 10.9 Å². The molecule has 0 bridgehead atoms. The van der Waals surface area contributed by atoms with Gasteiger partial charge in [0.1, 0.15) is 0 Å². The fraction of sp³-hybridized carbons (Fsp3) is 0.273. The number of fused-ring (bicyclic) bond motifs is 1. The topological polar surface area (TPSA) is 15.8 Å². The van der Waals surface area contributed by atoms with Gasteiger partial charge in [0.15, 0.2) is 0 Å². The molecule has 0 fully saturated rings. The van der Waals surface area contributed by atoms with Gasteiger partial charge in [0, 0.05) is 17.6 Å². The van der Waals surface area contributed by atoms with Crippen molar-refractivity contribution in [1.82, 2.24) is 4.98 Å². The highest BCUT2D eigenvalue weighted by molar-refractivity contribution is 6.17. The molecule has 0 aliphatic rings. The number of H-pyrrole nitrogens is 1. The third-order valence-electron chi connectivity index (χ3n) is 2.22. The molecule has 0 spiro atoms. The van der Waals surface area contributed by atoms with Crippen LogP contribution in [0.3, 0.4) is 0 Å². The molecule has 0 unspecified atom stereocenters. The second-order valence-electron chi connectivity index (χ2n) is 3.19. The van der Waals surface area contributed by atoms with Crippen LogP contribution in [0.2, 0.25) is 0 Å². The molecule has 2 rings (SSSR count). The minimum Gasteiger partial charge on any atom is -0.361 e. The fourth-order valence-electron chi connectivity index (χ4n) is 1.53. The summed E-state index contributed by atoms with van der Waals surface area (Å²) in [6, 6.07) is 8.60. The van der Waals surface area contributed by atoms with Crippen LogP contribution in [0.1, 0.15) is 12.0 Å². The van der Waals surface area contributed by atoms with Crippen molar-refractivity contribution < 1.29 is 0 Å². The molecule has 0 saturated carbocycles. The number of alkyl halides is 1. The van der Waals surface area contributed by atoms with Crippen LogP contribution in [-0.2, 0) is 6.42 Å².